The maximum absolute atomic E-state index is 14.4. The number of nitrogens with zero attached hydrogens (tertiary/aromatic N) is 4. The van der Waals surface area contributed by atoms with Crippen LogP contribution in [0.25, 0.3) is 11.0 Å². The normalized spacial score (nSPS) is 24.5. The van der Waals surface area contributed by atoms with E-state index in [0.717, 1.165) is 17.0 Å². The first-order valence-electron chi connectivity index (χ1n) is 8.91. The number of ether oxygens (including phenoxy) is 1. The fourth-order valence-corrected chi connectivity index (χ4v) is 3.90. The summed E-state index contributed by atoms with van der Waals surface area (Å²) in [6, 6.07) is 3.57. The summed E-state index contributed by atoms with van der Waals surface area (Å²) in [7, 11) is 0. The summed E-state index contributed by atoms with van der Waals surface area (Å²) in [5, 5.41) is 8.36. The topological polar surface area (TPSA) is 43.2 Å². The van der Waals surface area contributed by atoms with E-state index in [0.29, 0.717) is 21.7 Å². The fourth-order valence-electron chi connectivity index (χ4n) is 3.40. The standard InChI is InChI=1S/C17H19BrF4N4O/c18-15-14(4-3-12-16(15)23-24-26(12)7-10-1-2-10)27-13-5-6-25(8-11(13)19)9-17(20,21)22/h3-4,10-11,13H,1-2,5-9H2/t11-,13+/m0/s1. The average molecular weight is 451 g/mol. The van der Waals surface area contributed by atoms with Gasteiger partial charge < -0.3 is 4.74 Å². The molecule has 0 N–H and O–H groups in total. The molecule has 148 valence electrons. The van der Waals surface area contributed by atoms with Gasteiger partial charge in [0.1, 0.15) is 23.5 Å². The van der Waals surface area contributed by atoms with Gasteiger partial charge in [0.2, 0.25) is 0 Å². The molecule has 1 aliphatic carbocycles. The summed E-state index contributed by atoms with van der Waals surface area (Å²) in [6.07, 6.45) is -4.01. The predicted octanol–water partition coefficient (Wildman–Crippen LogP) is 3.96. The monoisotopic (exact) mass is 450 g/mol. The fraction of sp³-hybridized carbons (Fsp3) is 0.647. The van der Waals surface area contributed by atoms with Gasteiger partial charge in [-0.25, -0.2) is 9.07 Å². The maximum atomic E-state index is 14.4. The molecule has 0 bridgehead atoms. The highest BCUT2D eigenvalue weighted by Crippen LogP contribution is 2.36. The van der Waals surface area contributed by atoms with Crippen LogP contribution in [0.3, 0.4) is 0 Å². The second kappa shape index (κ2) is 7.20. The van der Waals surface area contributed by atoms with E-state index >= 15 is 0 Å². The Labute approximate surface area is 161 Å². The highest BCUT2D eigenvalue weighted by atomic mass is 79.9. The number of piperidine rings is 1. The number of halogens is 5. The zero-order valence-electron chi connectivity index (χ0n) is 14.4. The first-order chi connectivity index (χ1) is 12.8. The van der Waals surface area contributed by atoms with Crippen LogP contribution in [0.2, 0.25) is 0 Å². The molecule has 1 saturated carbocycles. The second-order valence-electron chi connectivity index (χ2n) is 7.27. The third kappa shape index (κ3) is 4.37. The lowest BCUT2D eigenvalue weighted by molar-refractivity contribution is -0.153. The molecule has 5 nitrogen and oxygen atoms in total. The van der Waals surface area contributed by atoms with E-state index in [-0.39, 0.29) is 19.5 Å². The van der Waals surface area contributed by atoms with Crippen molar-refractivity contribution < 1.29 is 22.3 Å². The van der Waals surface area contributed by atoms with Crippen molar-refractivity contribution >= 4 is 27.0 Å². The van der Waals surface area contributed by atoms with Crippen LogP contribution >= 0.6 is 15.9 Å². The molecule has 0 amide bonds. The molecule has 2 fully saturated rings. The minimum Gasteiger partial charge on any atom is -0.486 e. The van der Waals surface area contributed by atoms with Gasteiger partial charge in [0.15, 0.2) is 0 Å². The minimum atomic E-state index is -4.33. The largest absolute Gasteiger partial charge is 0.486 e. The van der Waals surface area contributed by atoms with Gasteiger partial charge in [-0.15, -0.1) is 5.10 Å². The summed E-state index contributed by atoms with van der Waals surface area (Å²) in [5.74, 6) is 1.08. The van der Waals surface area contributed by atoms with E-state index in [4.69, 9.17) is 4.74 Å². The Morgan fingerprint density at radius 2 is 2.00 bits per heavy atom. The van der Waals surface area contributed by atoms with Crippen molar-refractivity contribution in [1.82, 2.24) is 19.9 Å². The van der Waals surface area contributed by atoms with Crippen molar-refractivity contribution in [1.29, 1.82) is 0 Å². The number of hydrogen-bond donors (Lipinski definition) is 0. The zero-order valence-corrected chi connectivity index (χ0v) is 16.0. The van der Waals surface area contributed by atoms with Gasteiger partial charge in [-0.3, -0.25) is 4.90 Å². The lowest BCUT2D eigenvalue weighted by atomic mass is 10.1. The molecule has 0 radical (unpaired) electrons. The molecule has 2 heterocycles. The molecule has 1 aromatic heterocycles. The van der Waals surface area contributed by atoms with E-state index in [2.05, 4.69) is 26.2 Å². The molecular formula is C17H19BrF4N4O. The molecular weight excluding hydrogens is 432 g/mol. The lowest BCUT2D eigenvalue weighted by Gasteiger charge is -2.35. The van der Waals surface area contributed by atoms with Gasteiger partial charge in [0, 0.05) is 19.6 Å². The Morgan fingerprint density at radius 1 is 1.22 bits per heavy atom. The average Bonchev–Trinajstić information content (AvgIpc) is 3.30. The summed E-state index contributed by atoms with van der Waals surface area (Å²) in [5.41, 5.74) is 1.51. The number of hydrogen-bond acceptors (Lipinski definition) is 4. The van der Waals surface area contributed by atoms with E-state index in [1.807, 2.05) is 10.7 Å². The molecule has 2 aromatic rings. The Kier molecular flexibility index (Phi) is 5.04. The molecule has 27 heavy (non-hydrogen) atoms. The van der Waals surface area contributed by atoms with Crippen molar-refractivity contribution in [3.63, 3.8) is 0 Å². The first kappa shape index (κ1) is 18.9. The molecule has 1 aliphatic heterocycles. The summed E-state index contributed by atoms with van der Waals surface area (Å²) in [4.78, 5) is 1.08. The van der Waals surface area contributed by atoms with Crippen LogP contribution in [0, 0.1) is 5.92 Å². The highest BCUT2D eigenvalue weighted by Gasteiger charge is 2.37. The highest BCUT2D eigenvalue weighted by molar-refractivity contribution is 9.10. The second-order valence-corrected chi connectivity index (χ2v) is 8.06. The molecule has 2 aliphatic rings. The SMILES string of the molecule is F[C@H]1CN(CC(F)(F)F)CC[C@H]1Oc1ccc2c(nnn2CC2CC2)c1Br. The van der Waals surface area contributed by atoms with E-state index in [1.165, 1.54) is 12.8 Å². The van der Waals surface area contributed by atoms with E-state index in [9.17, 15) is 17.6 Å². The van der Waals surface area contributed by atoms with Crippen LogP contribution in [0.4, 0.5) is 17.6 Å². The van der Waals surface area contributed by atoms with Crippen molar-refractivity contribution in [3.8, 4) is 5.75 Å². The predicted molar refractivity (Wildman–Crippen MR) is 94.4 cm³/mol. The molecule has 0 spiro atoms. The third-order valence-corrected chi connectivity index (χ3v) is 5.73. The smallest absolute Gasteiger partial charge is 0.401 e. The van der Waals surface area contributed by atoms with Crippen LogP contribution in [0.15, 0.2) is 16.6 Å². The Bertz CT molecular complexity index is 823. The Balaban J connectivity index is 1.45. The van der Waals surface area contributed by atoms with Gasteiger partial charge in [0.05, 0.1) is 16.5 Å². The third-order valence-electron chi connectivity index (χ3n) is 4.97. The van der Waals surface area contributed by atoms with Crippen LogP contribution in [0.1, 0.15) is 19.3 Å². The van der Waals surface area contributed by atoms with Crippen molar-refractivity contribution in [2.24, 2.45) is 5.92 Å². The van der Waals surface area contributed by atoms with Gasteiger partial charge in [-0.05, 0) is 53.2 Å². The maximum Gasteiger partial charge on any atom is 0.401 e. The van der Waals surface area contributed by atoms with Crippen molar-refractivity contribution in [3.05, 3.63) is 16.6 Å². The quantitative estimate of drug-likeness (QED) is 0.646. The molecule has 4 rings (SSSR count). The van der Waals surface area contributed by atoms with Crippen LogP contribution in [-0.4, -0.2) is 58.0 Å². The van der Waals surface area contributed by atoms with Gasteiger partial charge in [0.25, 0.3) is 0 Å². The van der Waals surface area contributed by atoms with Crippen molar-refractivity contribution in [2.45, 2.75) is 44.3 Å². The molecule has 0 unspecified atom stereocenters. The molecule has 1 aromatic carbocycles. The Morgan fingerprint density at radius 3 is 2.67 bits per heavy atom. The number of benzene rings is 1. The number of aromatic nitrogens is 3. The summed E-state index contributed by atoms with van der Waals surface area (Å²) in [6.45, 7) is -0.420. The van der Waals surface area contributed by atoms with Crippen LogP contribution in [-0.2, 0) is 6.54 Å². The van der Waals surface area contributed by atoms with E-state index < -0.39 is 25.0 Å². The first-order valence-corrected chi connectivity index (χ1v) is 9.71. The molecule has 1 saturated heterocycles. The van der Waals surface area contributed by atoms with Gasteiger partial charge in [-0.1, -0.05) is 5.21 Å². The van der Waals surface area contributed by atoms with Gasteiger partial charge in [-0.2, -0.15) is 13.2 Å². The zero-order chi connectivity index (χ0) is 19.2. The Hall–Kier alpha value is -1.42. The van der Waals surface area contributed by atoms with Gasteiger partial charge >= 0.3 is 6.18 Å². The molecule has 2 atom stereocenters. The number of fused-ring (bicyclic) bond motifs is 1. The van der Waals surface area contributed by atoms with Crippen molar-refractivity contribution in [2.75, 3.05) is 19.6 Å². The number of rotatable bonds is 5. The number of likely N-dealkylation sites (tertiary alicyclic amines) is 1. The summed E-state index contributed by atoms with van der Waals surface area (Å²) < 4.78 is 60.0. The van der Waals surface area contributed by atoms with Crippen LogP contribution < -0.4 is 4.74 Å². The lowest BCUT2D eigenvalue weighted by Crippen LogP contribution is -2.49. The van der Waals surface area contributed by atoms with Crippen LogP contribution in [0.5, 0.6) is 5.75 Å². The minimum absolute atomic E-state index is 0.141. The number of alkyl halides is 4. The molecule has 10 heteroatoms. The summed E-state index contributed by atoms with van der Waals surface area (Å²) >= 11 is 3.45. The van der Waals surface area contributed by atoms with E-state index in [1.54, 1.807) is 6.07 Å².